The van der Waals surface area contributed by atoms with E-state index in [4.69, 9.17) is 0 Å². The van der Waals surface area contributed by atoms with Crippen LogP contribution in [0.15, 0.2) is 24.4 Å². The molecule has 0 radical (unpaired) electrons. The first-order valence-corrected chi connectivity index (χ1v) is 13.8. The van der Waals surface area contributed by atoms with Gasteiger partial charge in [-0.3, -0.25) is 0 Å². The molecule has 1 unspecified atom stereocenters. The van der Waals surface area contributed by atoms with Crippen molar-refractivity contribution in [2.45, 2.75) is 121 Å². The molecule has 3 aliphatic rings. The van der Waals surface area contributed by atoms with E-state index in [0.717, 1.165) is 18.5 Å². The van der Waals surface area contributed by atoms with Crippen molar-refractivity contribution < 1.29 is 4.39 Å². The van der Waals surface area contributed by atoms with Crippen molar-refractivity contribution in [3.8, 4) is 0 Å². The van der Waals surface area contributed by atoms with Gasteiger partial charge in [0, 0.05) is 29.2 Å². The second-order valence-corrected chi connectivity index (χ2v) is 11.0. The van der Waals surface area contributed by atoms with E-state index in [-0.39, 0.29) is 5.82 Å². The van der Waals surface area contributed by atoms with Gasteiger partial charge in [-0.2, -0.15) is 0 Å². The van der Waals surface area contributed by atoms with E-state index in [1.807, 2.05) is 6.07 Å². The molecule has 0 aliphatic heterocycles. The van der Waals surface area contributed by atoms with Crippen LogP contribution in [-0.4, -0.2) is 17.2 Å². The molecule has 2 aromatic rings. The van der Waals surface area contributed by atoms with E-state index in [1.54, 1.807) is 6.07 Å². The third-order valence-electron chi connectivity index (χ3n) is 8.91. The SMILES string of the molecule is Fc1ccc2c(c1)c(C(CCNC1CCCCC1)C1CCCCC1)cn2C1CCCCC1. The molecule has 0 saturated heterocycles. The summed E-state index contributed by atoms with van der Waals surface area (Å²) >= 11 is 0. The van der Waals surface area contributed by atoms with E-state index in [9.17, 15) is 4.39 Å². The maximum absolute atomic E-state index is 14.4. The summed E-state index contributed by atoms with van der Waals surface area (Å²) < 4.78 is 17.0. The zero-order valence-electron chi connectivity index (χ0n) is 20.0. The molecule has 3 saturated carbocycles. The number of fused-ring (bicyclic) bond motifs is 1. The van der Waals surface area contributed by atoms with Gasteiger partial charge in [0.05, 0.1) is 0 Å². The van der Waals surface area contributed by atoms with E-state index in [2.05, 4.69) is 22.1 Å². The van der Waals surface area contributed by atoms with Crippen LogP contribution in [0.25, 0.3) is 10.9 Å². The minimum atomic E-state index is -0.0807. The van der Waals surface area contributed by atoms with Crippen LogP contribution in [0.1, 0.15) is 120 Å². The quantitative estimate of drug-likeness (QED) is 0.460. The van der Waals surface area contributed by atoms with E-state index < -0.39 is 0 Å². The fraction of sp³-hybridized carbons (Fsp3) is 0.724. The largest absolute Gasteiger partial charge is 0.344 e. The molecule has 5 rings (SSSR count). The van der Waals surface area contributed by atoms with Crippen LogP contribution in [0.4, 0.5) is 4.39 Å². The number of aromatic nitrogens is 1. The Balaban J connectivity index is 1.43. The maximum Gasteiger partial charge on any atom is 0.123 e. The van der Waals surface area contributed by atoms with Crippen molar-refractivity contribution in [1.82, 2.24) is 9.88 Å². The second kappa shape index (κ2) is 10.7. The molecule has 1 atom stereocenters. The van der Waals surface area contributed by atoms with E-state index in [1.165, 1.54) is 119 Å². The van der Waals surface area contributed by atoms with Gasteiger partial charge in [0.15, 0.2) is 0 Å². The number of nitrogens with one attached hydrogen (secondary N) is 1. The van der Waals surface area contributed by atoms with Gasteiger partial charge in [0.1, 0.15) is 5.82 Å². The molecule has 0 amide bonds. The van der Waals surface area contributed by atoms with E-state index >= 15 is 0 Å². The Morgan fingerprint density at radius 1 is 0.844 bits per heavy atom. The molecule has 1 N–H and O–H groups in total. The summed E-state index contributed by atoms with van der Waals surface area (Å²) in [7, 11) is 0. The Hall–Kier alpha value is -1.35. The lowest BCUT2D eigenvalue weighted by Gasteiger charge is -2.31. The monoisotopic (exact) mass is 438 g/mol. The van der Waals surface area contributed by atoms with Crippen LogP contribution < -0.4 is 5.32 Å². The number of halogens is 1. The Morgan fingerprint density at radius 2 is 1.50 bits per heavy atom. The zero-order valence-corrected chi connectivity index (χ0v) is 20.0. The third kappa shape index (κ3) is 5.08. The second-order valence-electron chi connectivity index (χ2n) is 11.0. The number of benzene rings is 1. The predicted molar refractivity (Wildman–Crippen MR) is 133 cm³/mol. The molecule has 32 heavy (non-hydrogen) atoms. The highest BCUT2D eigenvalue weighted by Crippen LogP contribution is 2.43. The van der Waals surface area contributed by atoms with Crippen molar-refractivity contribution in [2.75, 3.05) is 6.54 Å². The third-order valence-corrected chi connectivity index (χ3v) is 8.91. The first kappa shape index (κ1) is 22.4. The fourth-order valence-electron chi connectivity index (χ4n) is 7.14. The van der Waals surface area contributed by atoms with Crippen molar-refractivity contribution in [3.63, 3.8) is 0 Å². The van der Waals surface area contributed by atoms with Crippen LogP contribution in [-0.2, 0) is 0 Å². The van der Waals surface area contributed by atoms with E-state index in [0.29, 0.717) is 12.0 Å². The molecule has 0 spiro atoms. The van der Waals surface area contributed by atoms with Gasteiger partial charge in [0.25, 0.3) is 0 Å². The number of nitrogens with zero attached hydrogens (tertiary/aromatic N) is 1. The normalized spacial score (nSPS) is 23.0. The van der Waals surface area contributed by atoms with Gasteiger partial charge in [0.2, 0.25) is 0 Å². The van der Waals surface area contributed by atoms with Crippen LogP contribution in [0.2, 0.25) is 0 Å². The van der Waals surface area contributed by atoms with Crippen molar-refractivity contribution in [3.05, 3.63) is 35.8 Å². The minimum Gasteiger partial charge on any atom is -0.344 e. The lowest BCUT2D eigenvalue weighted by molar-refractivity contribution is 0.284. The molecule has 2 nitrogen and oxygen atoms in total. The smallest absolute Gasteiger partial charge is 0.123 e. The van der Waals surface area contributed by atoms with Crippen molar-refractivity contribution in [2.24, 2.45) is 5.92 Å². The molecular weight excluding hydrogens is 395 g/mol. The fourth-order valence-corrected chi connectivity index (χ4v) is 7.14. The summed E-state index contributed by atoms with van der Waals surface area (Å²) in [6.07, 6.45) is 24.0. The Morgan fingerprint density at radius 3 is 2.22 bits per heavy atom. The van der Waals surface area contributed by atoms with Crippen LogP contribution >= 0.6 is 0 Å². The van der Waals surface area contributed by atoms with Gasteiger partial charge in [-0.1, -0.05) is 57.8 Å². The molecule has 3 aliphatic carbocycles. The van der Waals surface area contributed by atoms with Crippen molar-refractivity contribution in [1.29, 1.82) is 0 Å². The Kier molecular flexibility index (Phi) is 7.52. The van der Waals surface area contributed by atoms with Gasteiger partial charge in [-0.25, -0.2) is 4.39 Å². The molecule has 3 fully saturated rings. The molecule has 0 bridgehead atoms. The molecule has 1 heterocycles. The topological polar surface area (TPSA) is 17.0 Å². The van der Waals surface area contributed by atoms with Gasteiger partial charge >= 0.3 is 0 Å². The minimum absolute atomic E-state index is 0.0807. The highest BCUT2D eigenvalue weighted by atomic mass is 19.1. The summed E-state index contributed by atoms with van der Waals surface area (Å²) in [5.41, 5.74) is 2.72. The highest BCUT2D eigenvalue weighted by molar-refractivity contribution is 5.85. The van der Waals surface area contributed by atoms with Crippen LogP contribution in [0.5, 0.6) is 0 Å². The Bertz CT molecular complexity index is 853. The number of rotatable bonds is 7. The maximum atomic E-state index is 14.4. The molecule has 1 aromatic heterocycles. The first-order chi connectivity index (χ1) is 15.8. The average molecular weight is 439 g/mol. The molecule has 176 valence electrons. The molecular formula is C29H43FN2. The van der Waals surface area contributed by atoms with Gasteiger partial charge in [-0.15, -0.1) is 0 Å². The lowest BCUT2D eigenvalue weighted by Crippen LogP contribution is -2.33. The van der Waals surface area contributed by atoms with Crippen LogP contribution in [0.3, 0.4) is 0 Å². The predicted octanol–water partition coefficient (Wildman–Crippen LogP) is 8.26. The summed E-state index contributed by atoms with van der Waals surface area (Å²) in [5.74, 6) is 1.23. The van der Waals surface area contributed by atoms with Gasteiger partial charge in [-0.05, 0) is 87.1 Å². The highest BCUT2D eigenvalue weighted by Gasteiger charge is 2.29. The lowest BCUT2D eigenvalue weighted by atomic mass is 9.75. The summed E-state index contributed by atoms with van der Waals surface area (Å²) in [6, 6.07) is 6.88. The first-order valence-electron chi connectivity index (χ1n) is 13.8. The summed E-state index contributed by atoms with van der Waals surface area (Å²) in [6.45, 7) is 1.11. The number of hydrogen-bond acceptors (Lipinski definition) is 1. The van der Waals surface area contributed by atoms with Crippen molar-refractivity contribution >= 4 is 10.9 Å². The standard InChI is InChI=1S/C29H43FN2/c30-23-16-17-29-27(20-23)28(21-32(29)25-14-8-3-9-15-25)26(22-10-4-1-5-11-22)18-19-31-24-12-6-2-7-13-24/h16-17,20-22,24-26,31H,1-15,18-19H2. The molecule has 3 heteroatoms. The molecule has 1 aromatic carbocycles. The van der Waals surface area contributed by atoms with Gasteiger partial charge < -0.3 is 9.88 Å². The Labute approximate surface area is 194 Å². The van der Waals surface area contributed by atoms with Crippen LogP contribution in [0, 0.1) is 11.7 Å². The average Bonchev–Trinajstić information content (AvgIpc) is 3.22. The zero-order chi connectivity index (χ0) is 21.8. The number of hydrogen-bond donors (Lipinski definition) is 1. The summed E-state index contributed by atoms with van der Waals surface area (Å²) in [4.78, 5) is 0. The summed E-state index contributed by atoms with van der Waals surface area (Å²) in [5, 5.41) is 5.11.